The molecule has 0 saturated carbocycles. The molecule has 0 spiro atoms. The van der Waals surface area contributed by atoms with Crippen LogP contribution in [0.2, 0.25) is 0 Å². The number of rotatable bonds is 4. The number of carbonyl (C=O) groups is 1. The molecule has 0 N–H and O–H groups in total. The van der Waals surface area contributed by atoms with Crippen molar-refractivity contribution in [2.75, 3.05) is 14.2 Å². The maximum absolute atomic E-state index is 12.7. The molecule has 0 aliphatic carbocycles. The third kappa shape index (κ3) is 3.48. The quantitative estimate of drug-likeness (QED) is 0.665. The standard InChI is InChI=1S/C20H18N2O3S/c1-5-8-22-17-7-6-13(2)9-18(17)26-20(22)21-19(23)14-10-15(24-3)12-16(11-14)25-4/h1,6-7,9-12H,8H2,2-4H3. The Labute approximate surface area is 155 Å². The number of benzene rings is 2. The molecule has 5 nitrogen and oxygen atoms in total. The minimum absolute atomic E-state index is 0.344. The Balaban J connectivity index is 2.14. The molecule has 0 unspecified atom stereocenters. The summed E-state index contributed by atoms with van der Waals surface area (Å²) in [6.45, 7) is 2.37. The lowest BCUT2D eigenvalue weighted by molar-refractivity contribution is 0.0997. The monoisotopic (exact) mass is 366 g/mol. The molecule has 0 bridgehead atoms. The van der Waals surface area contributed by atoms with Gasteiger partial charge in [-0.2, -0.15) is 4.99 Å². The predicted molar refractivity (Wildman–Crippen MR) is 103 cm³/mol. The maximum atomic E-state index is 12.7. The molecular weight excluding hydrogens is 348 g/mol. The van der Waals surface area contributed by atoms with Gasteiger partial charge in [0.05, 0.1) is 31.0 Å². The maximum Gasteiger partial charge on any atom is 0.279 e. The third-order valence-corrected chi connectivity index (χ3v) is 4.92. The summed E-state index contributed by atoms with van der Waals surface area (Å²) in [6, 6.07) is 11.1. The zero-order valence-electron chi connectivity index (χ0n) is 14.8. The number of hydrogen-bond donors (Lipinski definition) is 0. The number of thiazole rings is 1. The topological polar surface area (TPSA) is 52.8 Å². The summed E-state index contributed by atoms with van der Waals surface area (Å²) in [4.78, 5) is 17.6. The van der Waals surface area contributed by atoms with E-state index in [2.05, 4.69) is 17.0 Å². The van der Waals surface area contributed by atoms with Gasteiger partial charge < -0.3 is 14.0 Å². The predicted octanol–water partition coefficient (Wildman–Crippen LogP) is 3.40. The molecule has 132 valence electrons. The van der Waals surface area contributed by atoms with E-state index in [0.29, 0.717) is 28.4 Å². The Kier molecular flexibility index (Phi) is 5.10. The smallest absolute Gasteiger partial charge is 0.279 e. The van der Waals surface area contributed by atoms with E-state index in [4.69, 9.17) is 15.9 Å². The highest BCUT2D eigenvalue weighted by atomic mass is 32.1. The van der Waals surface area contributed by atoms with Crippen molar-refractivity contribution in [1.82, 2.24) is 4.57 Å². The number of hydrogen-bond acceptors (Lipinski definition) is 4. The number of terminal acetylenes is 1. The zero-order valence-corrected chi connectivity index (χ0v) is 15.6. The van der Waals surface area contributed by atoms with Crippen molar-refractivity contribution in [2.45, 2.75) is 13.5 Å². The number of aryl methyl sites for hydroxylation is 1. The fourth-order valence-electron chi connectivity index (χ4n) is 2.59. The van der Waals surface area contributed by atoms with Gasteiger partial charge in [0.15, 0.2) is 4.80 Å². The van der Waals surface area contributed by atoms with E-state index in [1.54, 1.807) is 18.2 Å². The van der Waals surface area contributed by atoms with E-state index < -0.39 is 0 Å². The highest BCUT2D eigenvalue weighted by Gasteiger charge is 2.11. The van der Waals surface area contributed by atoms with E-state index in [0.717, 1.165) is 15.8 Å². The van der Waals surface area contributed by atoms with Crippen LogP contribution in [0, 0.1) is 19.3 Å². The van der Waals surface area contributed by atoms with Crippen LogP contribution in [0.1, 0.15) is 15.9 Å². The first kappa shape index (κ1) is 17.8. The van der Waals surface area contributed by atoms with E-state index >= 15 is 0 Å². The molecule has 6 heteroatoms. The number of fused-ring (bicyclic) bond motifs is 1. The molecule has 26 heavy (non-hydrogen) atoms. The molecule has 1 aromatic heterocycles. The van der Waals surface area contributed by atoms with Crippen molar-refractivity contribution in [3.63, 3.8) is 0 Å². The van der Waals surface area contributed by atoms with E-state index in [1.807, 2.05) is 23.6 Å². The van der Waals surface area contributed by atoms with Crippen molar-refractivity contribution >= 4 is 27.5 Å². The molecule has 0 atom stereocenters. The van der Waals surface area contributed by atoms with Crippen molar-refractivity contribution in [3.8, 4) is 23.8 Å². The fourth-order valence-corrected chi connectivity index (χ4v) is 3.72. The van der Waals surface area contributed by atoms with Crippen LogP contribution in [0.3, 0.4) is 0 Å². The molecular formula is C20H18N2O3S. The van der Waals surface area contributed by atoms with Crippen LogP contribution in [0.25, 0.3) is 10.2 Å². The molecule has 0 fully saturated rings. The van der Waals surface area contributed by atoms with E-state index in [9.17, 15) is 4.79 Å². The number of ether oxygens (including phenoxy) is 2. The van der Waals surface area contributed by atoms with Crippen LogP contribution in [-0.4, -0.2) is 24.7 Å². The van der Waals surface area contributed by atoms with Gasteiger partial charge in [-0.25, -0.2) is 0 Å². The van der Waals surface area contributed by atoms with Gasteiger partial charge in [-0.15, -0.1) is 6.42 Å². The van der Waals surface area contributed by atoms with Crippen LogP contribution in [0.4, 0.5) is 0 Å². The molecule has 0 aliphatic heterocycles. The lowest BCUT2D eigenvalue weighted by atomic mass is 10.2. The van der Waals surface area contributed by atoms with Crippen LogP contribution < -0.4 is 14.3 Å². The fraction of sp³-hybridized carbons (Fsp3) is 0.200. The van der Waals surface area contributed by atoms with Gasteiger partial charge in [0, 0.05) is 11.6 Å². The highest BCUT2D eigenvalue weighted by Crippen LogP contribution is 2.23. The summed E-state index contributed by atoms with van der Waals surface area (Å²) < 4.78 is 13.3. The molecule has 0 saturated heterocycles. The molecule has 1 amide bonds. The van der Waals surface area contributed by atoms with Crippen LogP contribution >= 0.6 is 11.3 Å². The average molecular weight is 366 g/mol. The first-order valence-electron chi connectivity index (χ1n) is 7.91. The first-order chi connectivity index (χ1) is 12.5. The van der Waals surface area contributed by atoms with E-state index in [-0.39, 0.29) is 5.91 Å². The highest BCUT2D eigenvalue weighted by molar-refractivity contribution is 7.16. The Morgan fingerprint density at radius 2 is 1.88 bits per heavy atom. The SMILES string of the molecule is C#CCn1c(=NC(=O)c2cc(OC)cc(OC)c2)sc2cc(C)ccc21. The normalized spacial score (nSPS) is 11.4. The number of aromatic nitrogens is 1. The number of carbonyl (C=O) groups excluding carboxylic acids is 1. The minimum atomic E-state index is -0.378. The minimum Gasteiger partial charge on any atom is -0.497 e. The van der Waals surface area contributed by atoms with Gasteiger partial charge in [-0.05, 0) is 36.8 Å². The van der Waals surface area contributed by atoms with Crippen molar-refractivity contribution < 1.29 is 14.3 Å². The van der Waals surface area contributed by atoms with Gasteiger partial charge >= 0.3 is 0 Å². The number of nitrogens with zero attached hydrogens (tertiary/aromatic N) is 2. The number of methoxy groups -OCH3 is 2. The second-order valence-corrected chi connectivity index (χ2v) is 6.67. The summed E-state index contributed by atoms with van der Waals surface area (Å²) in [6.07, 6.45) is 5.50. The number of amides is 1. The first-order valence-corrected chi connectivity index (χ1v) is 8.73. The lowest BCUT2D eigenvalue weighted by Gasteiger charge is -2.06. The second kappa shape index (κ2) is 7.46. The van der Waals surface area contributed by atoms with Gasteiger partial charge in [0.25, 0.3) is 5.91 Å². The summed E-state index contributed by atoms with van der Waals surface area (Å²) in [7, 11) is 3.07. The Hall–Kier alpha value is -3.04. The average Bonchev–Trinajstić information content (AvgIpc) is 2.97. The molecule has 0 aliphatic rings. The molecule has 1 heterocycles. The molecule has 0 radical (unpaired) electrons. The van der Waals surface area contributed by atoms with Gasteiger partial charge in [0.1, 0.15) is 11.5 Å². The Morgan fingerprint density at radius 1 is 1.19 bits per heavy atom. The molecule has 2 aromatic carbocycles. The Bertz CT molecular complexity index is 1060. The van der Waals surface area contributed by atoms with E-state index in [1.165, 1.54) is 25.6 Å². The summed E-state index contributed by atoms with van der Waals surface area (Å²) in [5.74, 6) is 3.31. The van der Waals surface area contributed by atoms with Crippen molar-refractivity contribution in [2.24, 2.45) is 4.99 Å². The molecule has 3 aromatic rings. The molecule has 3 rings (SSSR count). The summed E-state index contributed by atoms with van der Waals surface area (Å²) in [5.41, 5.74) is 2.50. The summed E-state index contributed by atoms with van der Waals surface area (Å²) >= 11 is 1.44. The second-order valence-electron chi connectivity index (χ2n) is 5.66. The van der Waals surface area contributed by atoms with Crippen molar-refractivity contribution in [3.05, 3.63) is 52.3 Å². The lowest BCUT2D eigenvalue weighted by Crippen LogP contribution is -2.16. The van der Waals surface area contributed by atoms with Crippen molar-refractivity contribution in [1.29, 1.82) is 0 Å². The van der Waals surface area contributed by atoms with Gasteiger partial charge in [-0.1, -0.05) is 23.3 Å². The van der Waals surface area contributed by atoms with Gasteiger partial charge in [0.2, 0.25) is 0 Å². The van der Waals surface area contributed by atoms with Crippen LogP contribution in [0.5, 0.6) is 11.5 Å². The largest absolute Gasteiger partial charge is 0.497 e. The summed E-state index contributed by atoms with van der Waals surface area (Å²) in [5, 5.41) is 0. The van der Waals surface area contributed by atoms with Gasteiger partial charge in [-0.3, -0.25) is 4.79 Å². The van der Waals surface area contributed by atoms with Crippen LogP contribution in [-0.2, 0) is 6.54 Å². The van der Waals surface area contributed by atoms with Crippen LogP contribution in [0.15, 0.2) is 41.4 Å². The third-order valence-electron chi connectivity index (χ3n) is 3.88. The zero-order chi connectivity index (χ0) is 18.7. The Morgan fingerprint density at radius 3 is 2.50 bits per heavy atom.